The lowest BCUT2D eigenvalue weighted by Gasteiger charge is -2.13. The van der Waals surface area contributed by atoms with Crippen molar-refractivity contribution in [2.75, 3.05) is 52.0 Å². The second-order valence-corrected chi connectivity index (χ2v) is 9.57. The molecule has 0 aromatic heterocycles. The van der Waals surface area contributed by atoms with Gasteiger partial charge < -0.3 is 46.1 Å². The first-order valence-electron chi connectivity index (χ1n) is 13.4. The number of amides is 3. The molecule has 0 radical (unpaired) electrons. The van der Waals surface area contributed by atoms with E-state index in [9.17, 15) is 19.5 Å². The molecule has 3 atom stereocenters. The van der Waals surface area contributed by atoms with Crippen LogP contribution in [0.1, 0.15) is 52.8 Å². The molecule has 40 heavy (non-hydrogen) atoms. The molecular formula is C27H41ClN4O8. The number of primary amides is 1. The van der Waals surface area contributed by atoms with E-state index in [-0.39, 0.29) is 31.1 Å². The molecule has 1 aliphatic heterocycles. The Labute approximate surface area is 239 Å². The van der Waals surface area contributed by atoms with Crippen LogP contribution < -0.4 is 21.7 Å². The average molecular weight is 585 g/mol. The van der Waals surface area contributed by atoms with Gasteiger partial charge in [-0.15, -0.1) is 11.6 Å². The highest BCUT2D eigenvalue weighted by Crippen LogP contribution is 2.18. The standard InChI is InChI=1S/C27H41ClN4O8/c28-9-3-1-2-4-11-38-13-14-39-12-10-30-26(36)19-5-7-20(8-6-19)27(37)32-17-21(25(29)35)16-31-24-15-22(34)23(18-33)40-24/h5-8,16,22-24,31,33-34H,1-4,9-15,17-18H2,(H2,29,35)(H,30,36)(H,32,37)/b21-16-/t22?,23-,24-/m1/s1. The van der Waals surface area contributed by atoms with Crippen molar-refractivity contribution in [3.05, 3.63) is 47.2 Å². The molecule has 1 heterocycles. The second kappa shape index (κ2) is 19.4. The molecule has 13 heteroatoms. The Hall–Kier alpha value is -2.74. The van der Waals surface area contributed by atoms with E-state index in [4.69, 9.17) is 36.7 Å². The number of rotatable bonds is 20. The highest BCUT2D eigenvalue weighted by molar-refractivity contribution is 6.17. The number of unbranched alkanes of at least 4 members (excludes halogenated alkanes) is 3. The van der Waals surface area contributed by atoms with Gasteiger partial charge in [0.15, 0.2) is 0 Å². The maximum atomic E-state index is 12.5. The molecule has 0 spiro atoms. The Morgan fingerprint density at radius 3 is 2.20 bits per heavy atom. The van der Waals surface area contributed by atoms with Crippen LogP contribution in [0.15, 0.2) is 36.0 Å². The number of nitrogens with one attached hydrogen (secondary N) is 3. The van der Waals surface area contributed by atoms with Crippen LogP contribution in [0.2, 0.25) is 0 Å². The molecule has 1 aliphatic rings. The summed E-state index contributed by atoms with van der Waals surface area (Å²) in [5.74, 6) is -0.804. The van der Waals surface area contributed by atoms with Crippen LogP contribution in [0.3, 0.4) is 0 Å². The summed E-state index contributed by atoms with van der Waals surface area (Å²) in [5.41, 5.74) is 6.16. The molecule has 224 valence electrons. The number of hydrogen-bond acceptors (Lipinski definition) is 9. The van der Waals surface area contributed by atoms with E-state index in [1.165, 1.54) is 30.5 Å². The van der Waals surface area contributed by atoms with E-state index in [1.54, 1.807) is 0 Å². The van der Waals surface area contributed by atoms with Gasteiger partial charge in [0.05, 0.1) is 38.1 Å². The van der Waals surface area contributed by atoms with Gasteiger partial charge in [-0.1, -0.05) is 12.8 Å². The topological polar surface area (TPSA) is 181 Å². The smallest absolute Gasteiger partial charge is 0.251 e. The van der Waals surface area contributed by atoms with Gasteiger partial charge in [-0.05, 0) is 37.1 Å². The summed E-state index contributed by atoms with van der Waals surface area (Å²) in [6.07, 6.45) is 3.65. The van der Waals surface area contributed by atoms with E-state index in [0.29, 0.717) is 50.0 Å². The SMILES string of the molecule is NC(=O)/C(=C\N[C@H]1CC(O)[C@@H](CO)O1)CNC(=O)c1ccc(C(=O)NCCOCCOCCCCCCCl)cc1. The number of nitrogens with two attached hydrogens (primary N) is 1. The van der Waals surface area contributed by atoms with Crippen LogP contribution >= 0.6 is 11.6 Å². The minimum Gasteiger partial charge on any atom is -0.394 e. The van der Waals surface area contributed by atoms with Gasteiger partial charge in [0.1, 0.15) is 12.3 Å². The quantitative estimate of drug-likeness (QED) is 0.0718. The van der Waals surface area contributed by atoms with Gasteiger partial charge in [0.2, 0.25) is 5.91 Å². The monoisotopic (exact) mass is 584 g/mol. The number of aliphatic hydroxyl groups excluding tert-OH is 2. The molecule has 3 amide bonds. The second-order valence-electron chi connectivity index (χ2n) is 9.19. The predicted octanol–water partition coefficient (Wildman–Crippen LogP) is 0.406. The third kappa shape index (κ3) is 12.6. The molecule has 1 unspecified atom stereocenters. The minimum absolute atomic E-state index is 0.0850. The van der Waals surface area contributed by atoms with Gasteiger partial charge >= 0.3 is 0 Å². The number of carbonyl (C=O) groups is 3. The Balaban J connectivity index is 1.65. The van der Waals surface area contributed by atoms with Crippen molar-refractivity contribution in [1.29, 1.82) is 0 Å². The third-order valence-electron chi connectivity index (χ3n) is 6.09. The molecule has 1 aromatic carbocycles. The van der Waals surface area contributed by atoms with E-state index in [2.05, 4.69) is 16.0 Å². The largest absolute Gasteiger partial charge is 0.394 e. The number of aliphatic hydroxyl groups is 2. The Kier molecular flexibility index (Phi) is 16.2. The van der Waals surface area contributed by atoms with Crippen molar-refractivity contribution in [2.24, 2.45) is 5.73 Å². The molecule has 1 fully saturated rings. The van der Waals surface area contributed by atoms with E-state index in [0.717, 1.165) is 25.7 Å². The summed E-state index contributed by atoms with van der Waals surface area (Å²) in [7, 11) is 0. The number of ether oxygens (including phenoxy) is 3. The third-order valence-corrected chi connectivity index (χ3v) is 6.36. The van der Waals surface area contributed by atoms with Crippen molar-refractivity contribution in [3.63, 3.8) is 0 Å². The number of alkyl halides is 1. The number of halogens is 1. The van der Waals surface area contributed by atoms with Crippen LogP contribution in [0.5, 0.6) is 0 Å². The molecule has 0 saturated carbocycles. The molecule has 0 bridgehead atoms. The highest BCUT2D eigenvalue weighted by Gasteiger charge is 2.32. The maximum Gasteiger partial charge on any atom is 0.251 e. The zero-order valence-corrected chi connectivity index (χ0v) is 23.4. The van der Waals surface area contributed by atoms with Crippen molar-refractivity contribution in [1.82, 2.24) is 16.0 Å². The molecule has 12 nitrogen and oxygen atoms in total. The molecule has 2 rings (SSSR count). The number of benzene rings is 1. The summed E-state index contributed by atoms with van der Waals surface area (Å²) in [6, 6.07) is 6.06. The summed E-state index contributed by atoms with van der Waals surface area (Å²) in [4.78, 5) is 36.6. The van der Waals surface area contributed by atoms with Crippen molar-refractivity contribution >= 4 is 29.3 Å². The van der Waals surface area contributed by atoms with E-state index >= 15 is 0 Å². The maximum absolute atomic E-state index is 12.5. The minimum atomic E-state index is -0.831. The highest BCUT2D eigenvalue weighted by atomic mass is 35.5. The lowest BCUT2D eigenvalue weighted by molar-refractivity contribution is -0.114. The lowest BCUT2D eigenvalue weighted by Crippen LogP contribution is -2.33. The van der Waals surface area contributed by atoms with Crippen LogP contribution in [-0.2, 0) is 19.0 Å². The summed E-state index contributed by atoms with van der Waals surface area (Å²) >= 11 is 5.64. The predicted molar refractivity (Wildman–Crippen MR) is 149 cm³/mol. The first-order valence-corrected chi connectivity index (χ1v) is 14.0. The zero-order chi connectivity index (χ0) is 29.2. The first-order chi connectivity index (χ1) is 19.3. The van der Waals surface area contributed by atoms with Gasteiger partial charge in [-0.3, -0.25) is 14.4 Å². The summed E-state index contributed by atoms with van der Waals surface area (Å²) < 4.78 is 16.4. The lowest BCUT2D eigenvalue weighted by atomic mass is 10.1. The van der Waals surface area contributed by atoms with Gasteiger partial charge in [0.25, 0.3) is 11.8 Å². The summed E-state index contributed by atoms with van der Waals surface area (Å²) in [6.45, 7) is 1.86. The van der Waals surface area contributed by atoms with Crippen molar-refractivity contribution in [2.45, 2.75) is 50.5 Å². The first kappa shape index (κ1) is 33.5. The van der Waals surface area contributed by atoms with Gasteiger partial charge in [-0.25, -0.2) is 0 Å². The normalized spacial score (nSPS) is 18.9. The fraction of sp³-hybridized carbons (Fsp3) is 0.593. The zero-order valence-electron chi connectivity index (χ0n) is 22.6. The van der Waals surface area contributed by atoms with Crippen LogP contribution in [0.25, 0.3) is 0 Å². The Bertz CT molecular complexity index is 947. The van der Waals surface area contributed by atoms with Crippen molar-refractivity contribution in [3.8, 4) is 0 Å². The average Bonchev–Trinajstić information content (AvgIpc) is 3.32. The van der Waals surface area contributed by atoms with Crippen LogP contribution in [-0.4, -0.2) is 98.4 Å². The number of carbonyl (C=O) groups excluding carboxylic acids is 3. The van der Waals surface area contributed by atoms with Gasteiger partial charge in [-0.2, -0.15) is 0 Å². The van der Waals surface area contributed by atoms with Crippen molar-refractivity contribution < 1.29 is 38.8 Å². The van der Waals surface area contributed by atoms with Crippen LogP contribution in [0, 0.1) is 0 Å². The van der Waals surface area contributed by atoms with E-state index in [1.807, 2.05) is 0 Å². The molecule has 0 aliphatic carbocycles. The molecular weight excluding hydrogens is 544 g/mol. The fourth-order valence-electron chi connectivity index (χ4n) is 3.77. The van der Waals surface area contributed by atoms with Gasteiger partial charge in [0, 0.05) is 49.3 Å². The molecule has 1 aromatic rings. The summed E-state index contributed by atoms with van der Waals surface area (Å²) in [5, 5.41) is 27.1. The molecule has 1 saturated heterocycles. The Morgan fingerprint density at radius 2 is 1.60 bits per heavy atom. The van der Waals surface area contributed by atoms with E-state index < -0.39 is 30.3 Å². The fourth-order valence-corrected chi connectivity index (χ4v) is 3.96. The van der Waals surface area contributed by atoms with Crippen LogP contribution in [0.4, 0.5) is 0 Å². The Morgan fingerprint density at radius 1 is 0.975 bits per heavy atom. The molecule has 7 N–H and O–H groups in total. The number of hydrogen-bond donors (Lipinski definition) is 6.